The molecule has 0 spiro atoms. The molecule has 3 rings (SSSR count). The van der Waals surface area contributed by atoms with Crippen LogP contribution in [0.1, 0.15) is 38.5 Å². The summed E-state index contributed by atoms with van der Waals surface area (Å²) in [4.78, 5) is 17.8. The van der Waals surface area contributed by atoms with Crippen molar-refractivity contribution in [3.05, 3.63) is 46.3 Å². The first-order valence-corrected chi connectivity index (χ1v) is 12.6. The summed E-state index contributed by atoms with van der Waals surface area (Å²) < 4.78 is 26.6. The lowest BCUT2D eigenvalue weighted by Gasteiger charge is -2.16. The second kappa shape index (κ2) is 9.71. The number of rotatable bonds is 9. The van der Waals surface area contributed by atoms with Crippen LogP contribution in [-0.4, -0.2) is 36.5 Å². The van der Waals surface area contributed by atoms with Gasteiger partial charge in [0.05, 0.1) is 17.2 Å². The topological polar surface area (TPSA) is 81.1 Å². The zero-order valence-electron chi connectivity index (χ0n) is 16.2. The van der Waals surface area contributed by atoms with E-state index in [1.54, 1.807) is 4.57 Å². The van der Waals surface area contributed by atoms with E-state index in [1.807, 2.05) is 24.3 Å². The molecule has 0 saturated heterocycles. The Kier molecular flexibility index (Phi) is 7.31. The zero-order valence-corrected chi connectivity index (χ0v) is 17.8. The van der Waals surface area contributed by atoms with Crippen LogP contribution in [0, 0.1) is 0 Å². The van der Waals surface area contributed by atoms with Crippen LogP contribution in [-0.2, 0) is 16.6 Å². The maximum atomic E-state index is 13.0. The Labute approximate surface area is 170 Å². The molecule has 0 aliphatic heterocycles. The lowest BCUT2D eigenvalue weighted by atomic mass is 9.97. The van der Waals surface area contributed by atoms with Crippen molar-refractivity contribution >= 4 is 32.7 Å². The van der Waals surface area contributed by atoms with Gasteiger partial charge in [-0.05, 0) is 50.7 Å². The molecule has 0 bridgehead atoms. The van der Waals surface area contributed by atoms with E-state index in [0.29, 0.717) is 41.3 Å². The van der Waals surface area contributed by atoms with Crippen LogP contribution in [0.15, 0.2) is 45.9 Å². The van der Waals surface area contributed by atoms with Crippen LogP contribution in [0.25, 0.3) is 10.9 Å². The van der Waals surface area contributed by atoms with Crippen LogP contribution < -0.4 is 10.3 Å². The number of hydrogen-bond donors (Lipinski definition) is 1. The van der Waals surface area contributed by atoms with E-state index in [1.165, 1.54) is 30.2 Å². The summed E-state index contributed by atoms with van der Waals surface area (Å²) in [6, 6.07) is 7.44. The van der Waals surface area contributed by atoms with Gasteiger partial charge in [0.1, 0.15) is 0 Å². The minimum Gasteiger partial charge on any atom is -0.287 e. The van der Waals surface area contributed by atoms with E-state index in [9.17, 15) is 13.2 Å². The van der Waals surface area contributed by atoms with Gasteiger partial charge in [-0.3, -0.25) is 9.36 Å². The molecule has 1 aliphatic carbocycles. The molecule has 8 heteroatoms. The van der Waals surface area contributed by atoms with Crippen LogP contribution in [0.4, 0.5) is 0 Å². The smallest absolute Gasteiger partial charge is 0.262 e. The third-order valence-corrected chi connectivity index (χ3v) is 6.58. The average Bonchev–Trinajstić information content (AvgIpc) is 2.67. The number of fused-ring (bicyclic) bond motifs is 1. The Morgan fingerprint density at radius 1 is 1.25 bits per heavy atom. The largest absolute Gasteiger partial charge is 0.287 e. The van der Waals surface area contributed by atoms with Crippen molar-refractivity contribution in [1.82, 2.24) is 14.3 Å². The SMILES string of the molecule is CS(=O)(=O)NCCCSc1nc2ccccc2c(=O)n1CCC1=CCCCC1. The van der Waals surface area contributed by atoms with Crippen LogP contribution in [0.3, 0.4) is 0 Å². The molecule has 152 valence electrons. The molecule has 0 saturated carbocycles. The van der Waals surface area contributed by atoms with Gasteiger partial charge in [0, 0.05) is 18.8 Å². The zero-order chi connectivity index (χ0) is 20.0. The van der Waals surface area contributed by atoms with Crippen molar-refractivity contribution in [2.24, 2.45) is 0 Å². The summed E-state index contributed by atoms with van der Waals surface area (Å²) in [5, 5.41) is 1.35. The molecule has 0 radical (unpaired) electrons. The van der Waals surface area contributed by atoms with Gasteiger partial charge in [-0.1, -0.05) is 35.5 Å². The number of benzene rings is 1. The van der Waals surface area contributed by atoms with Crippen molar-refractivity contribution in [1.29, 1.82) is 0 Å². The van der Waals surface area contributed by atoms with Crippen molar-refractivity contribution in [2.75, 3.05) is 18.6 Å². The van der Waals surface area contributed by atoms with Gasteiger partial charge in [0.15, 0.2) is 5.16 Å². The number of sulfonamides is 1. The van der Waals surface area contributed by atoms with Crippen molar-refractivity contribution in [3.63, 3.8) is 0 Å². The Bertz CT molecular complexity index is 1010. The first-order chi connectivity index (χ1) is 13.4. The molecule has 1 aromatic carbocycles. The first kappa shape index (κ1) is 21.1. The molecule has 0 unspecified atom stereocenters. The molecule has 0 atom stereocenters. The highest BCUT2D eigenvalue weighted by Crippen LogP contribution is 2.23. The van der Waals surface area contributed by atoms with E-state index < -0.39 is 10.0 Å². The Morgan fingerprint density at radius 2 is 2.07 bits per heavy atom. The lowest BCUT2D eigenvalue weighted by Crippen LogP contribution is -2.25. The second-order valence-corrected chi connectivity index (χ2v) is 9.99. The summed E-state index contributed by atoms with van der Waals surface area (Å²) in [5.74, 6) is 0.690. The Hall–Kier alpha value is -1.64. The maximum Gasteiger partial charge on any atom is 0.262 e. The van der Waals surface area contributed by atoms with Crippen molar-refractivity contribution < 1.29 is 8.42 Å². The van der Waals surface area contributed by atoms with E-state index >= 15 is 0 Å². The molecular formula is C20H27N3O3S2. The minimum absolute atomic E-state index is 0.00114. The number of para-hydroxylation sites is 1. The molecular weight excluding hydrogens is 394 g/mol. The molecule has 2 aromatic rings. The van der Waals surface area contributed by atoms with Gasteiger partial charge >= 0.3 is 0 Å². The molecule has 1 N–H and O–H groups in total. The summed E-state index contributed by atoms with van der Waals surface area (Å²) in [5.41, 5.74) is 2.13. The fourth-order valence-electron chi connectivity index (χ4n) is 3.34. The van der Waals surface area contributed by atoms with E-state index in [2.05, 4.69) is 10.8 Å². The normalized spacial score (nSPS) is 15.0. The average molecular weight is 422 g/mol. The molecule has 1 heterocycles. The number of thioether (sulfide) groups is 1. The standard InChI is InChI=1S/C20H27N3O3S2/c1-28(25,26)21-13-7-15-27-20-22-18-11-6-5-10-17(18)19(24)23(20)14-12-16-8-3-2-4-9-16/h5-6,8,10-11,21H,2-4,7,9,12-15H2,1H3. The van der Waals surface area contributed by atoms with Gasteiger partial charge < -0.3 is 0 Å². The van der Waals surface area contributed by atoms with Gasteiger partial charge in [0.25, 0.3) is 5.56 Å². The number of nitrogens with one attached hydrogen (secondary N) is 1. The molecule has 0 fully saturated rings. The predicted octanol–water partition coefficient (Wildman–Crippen LogP) is 3.32. The molecule has 28 heavy (non-hydrogen) atoms. The van der Waals surface area contributed by atoms with Crippen LogP contribution in [0.2, 0.25) is 0 Å². The quantitative estimate of drug-likeness (QED) is 0.291. The van der Waals surface area contributed by atoms with Gasteiger partial charge in [-0.25, -0.2) is 18.1 Å². The van der Waals surface area contributed by atoms with Crippen LogP contribution >= 0.6 is 11.8 Å². The number of hydrogen-bond acceptors (Lipinski definition) is 5. The molecule has 0 amide bonds. The van der Waals surface area contributed by atoms with Crippen molar-refractivity contribution in [3.8, 4) is 0 Å². The van der Waals surface area contributed by atoms with Crippen molar-refractivity contribution in [2.45, 2.75) is 50.2 Å². The number of nitrogens with zero attached hydrogens (tertiary/aromatic N) is 2. The molecule has 1 aromatic heterocycles. The third-order valence-electron chi connectivity index (χ3n) is 4.78. The number of allylic oxidation sites excluding steroid dienone is 2. The summed E-state index contributed by atoms with van der Waals surface area (Å²) in [7, 11) is -3.17. The van der Waals surface area contributed by atoms with Crippen LogP contribution in [0.5, 0.6) is 0 Å². The highest BCUT2D eigenvalue weighted by Gasteiger charge is 2.13. The van der Waals surface area contributed by atoms with E-state index in [-0.39, 0.29) is 5.56 Å². The van der Waals surface area contributed by atoms with E-state index in [4.69, 9.17) is 4.98 Å². The van der Waals surface area contributed by atoms with Gasteiger partial charge in [-0.15, -0.1) is 0 Å². The summed E-state index contributed by atoms with van der Waals surface area (Å²) in [6.45, 7) is 1.02. The first-order valence-electron chi connectivity index (χ1n) is 9.69. The fourth-order valence-corrected chi connectivity index (χ4v) is 4.81. The highest BCUT2D eigenvalue weighted by atomic mass is 32.2. The summed E-state index contributed by atoms with van der Waals surface area (Å²) >= 11 is 1.51. The summed E-state index contributed by atoms with van der Waals surface area (Å²) in [6.07, 6.45) is 9.75. The maximum absolute atomic E-state index is 13.0. The van der Waals surface area contributed by atoms with E-state index in [0.717, 1.165) is 25.5 Å². The fraction of sp³-hybridized carbons (Fsp3) is 0.500. The van der Waals surface area contributed by atoms with Gasteiger partial charge in [0.2, 0.25) is 10.0 Å². The lowest BCUT2D eigenvalue weighted by molar-refractivity contribution is 0.569. The van der Waals surface area contributed by atoms with Gasteiger partial charge in [-0.2, -0.15) is 0 Å². The monoisotopic (exact) mass is 421 g/mol. The third kappa shape index (κ3) is 5.93. The number of aromatic nitrogens is 2. The minimum atomic E-state index is -3.17. The predicted molar refractivity (Wildman–Crippen MR) is 115 cm³/mol. The highest BCUT2D eigenvalue weighted by molar-refractivity contribution is 7.99. The second-order valence-electron chi connectivity index (χ2n) is 7.09. The molecule has 1 aliphatic rings. The Balaban J connectivity index is 1.76. The molecule has 6 nitrogen and oxygen atoms in total. The Morgan fingerprint density at radius 3 is 2.82 bits per heavy atom.